The van der Waals surface area contributed by atoms with E-state index in [0.717, 1.165) is 38.0 Å². The van der Waals surface area contributed by atoms with Gasteiger partial charge in [0.25, 0.3) is 0 Å². The summed E-state index contributed by atoms with van der Waals surface area (Å²) in [4.78, 5) is 0. The molecule has 0 spiro atoms. The minimum absolute atomic E-state index is 0.217. The van der Waals surface area contributed by atoms with Gasteiger partial charge in [-0.3, -0.25) is 0 Å². The summed E-state index contributed by atoms with van der Waals surface area (Å²) < 4.78 is 25.7. The molecule has 1 saturated carbocycles. The Bertz CT molecular complexity index is 308. The van der Waals surface area contributed by atoms with Crippen LogP contribution in [0.25, 0.3) is 0 Å². The SMILES string of the molecule is CC1CCC(N(C)S(=O)(=O)CCCCN)CC1. The fraction of sp³-hybridized carbons (Fsp3) is 1.00. The van der Waals surface area contributed by atoms with Crippen LogP contribution in [0, 0.1) is 5.92 Å². The molecule has 0 aromatic heterocycles. The maximum atomic E-state index is 12.1. The molecule has 5 heteroatoms. The zero-order valence-corrected chi connectivity index (χ0v) is 11.9. The second-order valence-corrected chi connectivity index (χ2v) is 7.39. The standard InChI is InChI=1S/C12H26N2O2S/c1-11-5-7-12(8-6-11)14(2)17(15,16)10-4-3-9-13/h11-12H,3-10,13H2,1-2H3. The third-order valence-electron chi connectivity index (χ3n) is 3.79. The third-order valence-corrected chi connectivity index (χ3v) is 5.78. The van der Waals surface area contributed by atoms with Gasteiger partial charge in [-0.25, -0.2) is 12.7 Å². The number of hydrogen-bond acceptors (Lipinski definition) is 3. The third kappa shape index (κ3) is 4.56. The van der Waals surface area contributed by atoms with Crippen molar-refractivity contribution in [1.29, 1.82) is 0 Å². The van der Waals surface area contributed by atoms with Crippen LogP contribution in [-0.2, 0) is 10.0 Å². The molecule has 0 aromatic carbocycles. The van der Waals surface area contributed by atoms with Crippen molar-refractivity contribution in [2.75, 3.05) is 19.3 Å². The first-order valence-electron chi connectivity index (χ1n) is 6.63. The van der Waals surface area contributed by atoms with E-state index in [9.17, 15) is 8.42 Å². The van der Waals surface area contributed by atoms with Crippen LogP contribution >= 0.6 is 0 Å². The second-order valence-electron chi connectivity index (χ2n) is 5.24. The average Bonchev–Trinajstić information content (AvgIpc) is 2.29. The molecular formula is C12H26N2O2S. The van der Waals surface area contributed by atoms with E-state index >= 15 is 0 Å². The molecule has 2 N–H and O–H groups in total. The Kier molecular flexibility index (Phi) is 5.89. The highest BCUT2D eigenvalue weighted by Crippen LogP contribution is 2.27. The molecule has 1 aliphatic rings. The van der Waals surface area contributed by atoms with Crippen LogP contribution in [0.1, 0.15) is 45.4 Å². The van der Waals surface area contributed by atoms with Crippen molar-refractivity contribution < 1.29 is 8.42 Å². The molecule has 0 bridgehead atoms. The summed E-state index contributed by atoms with van der Waals surface area (Å²) in [5.74, 6) is 0.992. The summed E-state index contributed by atoms with van der Waals surface area (Å²) >= 11 is 0. The summed E-state index contributed by atoms with van der Waals surface area (Å²) in [6.45, 7) is 2.81. The lowest BCUT2D eigenvalue weighted by atomic mass is 9.87. The van der Waals surface area contributed by atoms with Crippen LogP contribution in [0.5, 0.6) is 0 Å². The van der Waals surface area contributed by atoms with Crippen molar-refractivity contribution in [2.24, 2.45) is 11.7 Å². The number of rotatable bonds is 6. The van der Waals surface area contributed by atoms with E-state index in [2.05, 4.69) is 6.92 Å². The Balaban J connectivity index is 2.47. The van der Waals surface area contributed by atoms with Gasteiger partial charge in [-0.2, -0.15) is 0 Å². The lowest BCUT2D eigenvalue weighted by Gasteiger charge is -2.32. The molecule has 4 nitrogen and oxygen atoms in total. The fourth-order valence-corrected chi connectivity index (χ4v) is 3.93. The van der Waals surface area contributed by atoms with E-state index in [1.807, 2.05) is 0 Å². The number of unbranched alkanes of at least 4 members (excludes halogenated alkanes) is 1. The molecule has 0 aliphatic heterocycles. The molecule has 0 amide bonds. The second kappa shape index (κ2) is 6.71. The smallest absolute Gasteiger partial charge is 0.214 e. The van der Waals surface area contributed by atoms with Crippen LogP contribution in [0.15, 0.2) is 0 Å². The van der Waals surface area contributed by atoms with Gasteiger partial charge in [0.1, 0.15) is 0 Å². The van der Waals surface area contributed by atoms with Crippen LogP contribution in [0.3, 0.4) is 0 Å². The number of nitrogens with zero attached hydrogens (tertiary/aromatic N) is 1. The van der Waals surface area contributed by atoms with Crippen LogP contribution in [0.2, 0.25) is 0 Å². The van der Waals surface area contributed by atoms with Crippen molar-refractivity contribution in [3.63, 3.8) is 0 Å². The van der Waals surface area contributed by atoms with Crippen LogP contribution in [0.4, 0.5) is 0 Å². The van der Waals surface area contributed by atoms with E-state index in [1.165, 1.54) is 0 Å². The molecule has 1 aliphatic carbocycles. The number of nitrogens with two attached hydrogens (primary N) is 1. The Labute approximate surface area is 106 Å². The normalized spacial score (nSPS) is 26.4. The summed E-state index contributed by atoms with van der Waals surface area (Å²) in [6, 6.07) is 0.217. The van der Waals surface area contributed by atoms with Crippen molar-refractivity contribution >= 4 is 10.0 Å². The van der Waals surface area contributed by atoms with Gasteiger partial charge in [-0.1, -0.05) is 6.92 Å². The number of sulfonamides is 1. The largest absolute Gasteiger partial charge is 0.330 e. The predicted octanol–water partition coefficient (Wildman–Crippen LogP) is 1.57. The first-order valence-corrected chi connectivity index (χ1v) is 8.24. The van der Waals surface area contributed by atoms with E-state index in [4.69, 9.17) is 5.73 Å². The van der Waals surface area contributed by atoms with E-state index < -0.39 is 10.0 Å². The molecule has 102 valence electrons. The topological polar surface area (TPSA) is 63.4 Å². The van der Waals surface area contributed by atoms with Gasteiger partial charge in [0, 0.05) is 13.1 Å². The highest BCUT2D eigenvalue weighted by molar-refractivity contribution is 7.89. The fourth-order valence-electron chi connectivity index (χ4n) is 2.41. The summed E-state index contributed by atoms with van der Waals surface area (Å²) in [6.07, 6.45) is 5.77. The molecular weight excluding hydrogens is 236 g/mol. The Hall–Kier alpha value is -0.130. The zero-order chi connectivity index (χ0) is 12.9. The van der Waals surface area contributed by atoms with Crippen molar-refractivity contribution in [2.45, 2.75) is 51.5 Å². The minimum atomic E-state index is -3.07. The zero-order valence-electron chi connectivity index (χ0n) is 11.1. The maximum Gasteiger partial charge on any atom is 0.214 e. The molecule has 1 fully saturated rings. The van der Waals surface area contributed by atoms with Gasteiger partial charge in [0.2, 0.25) is 10.0 Å². The van der Waals surface area contributed by atoms with Gasteiger partial charge >= 0.3 is 0 Å². The van der Waals surface area contributed by atoms with Crippen molar-refractivity contribution in [1.82, 2.24) is 4.31 Å². The Morgan fingerprint density at radius 1 is 1.18 bits per heavy atom. The number of hydrogen-bond donors (Lipinski definition) is 1. The molecule has 0 heterocycles. The lowest BCUT2D eigenvalue weighted by molar-refractivity contribution is 0.246. The Morgan fingerprint density at radius 3 is 2.29 bits per heavy atom. The first kappa shape index (κ1) is 14.9. The molecule has 1 rings (SSSR count). The molecule has 0 unspecified atom stereocenters. The minimum Gasteiger partial charge on any atom is -0.330 e. The monoisotopic (exact) mass is 262 g/mol. The van der Waals surface area contributed by atoms with Gasteiger partial charge in [0.15, 0.2) is 0 Å². The molecule has 0 aromatic rings. The maximum absolute atomic E-state index is 12.1. The summed E-state index contributed by atoms with van der Waals surface area (Å²) in [5, 5.41) is 0. The Morgan fingerprint density at radius 2 is 1.76 bits per heavy atom. The van der Waals surface area contributed by atoms with Gasteiger partial charge in [-0.05, 0) is 51.0 Å². The van der Waals surface area contributed by atoms with E-state index in [0.29, 0.717) is 13.0 Å². The first-order chi connectivity index (χ1) is 7.97. The van der Waals surface area contributed by atoms with Gasteiger partial charge < -0.3 is 5.73 Å². The van der Waals surface area contributed by atoms with Crippen molar-refractivity contribution in [3.8, 4) is 0 Å². The summed E-state index contributed by atoms with van der Waals surface area (Å²) in [7, 11) is -1.34. The molecule has 0 saturated heterocycles. The highest BCUT2D eigenvalue weighted by Gasteiger charge is 2.28. The summed E-state index contributed by atoms with van der Waals surface area (Å²) in [5.41, 5.74) is 5.38. The van der Waals surface area contributed by atoms with Gasteiger partial charge in [-0.15, -0.1) is 0 Å². The predicted molar refractivity (Wildman–Crippen MR) is 71.3 cm³/mol. The van der Waals surface area contributed by atoms with E-state index in [1.54, 1.807) is 11.4 Å². The highest BCUT2D eigenvalue weighted by atomic mass is 32.2. The average molecular weight is 262 g/mol. The van der Waals surface area contributed by atoms with Crippen molar-refractivity contribution in [3.05, 3.63) is 0 Å². The van der Waals surface area contributed by atoms with Gasteiger partial charge in [0.05, 0.1) is 5.75 Å². The molecule has 0 atom stereocenters. The molecule has 0 radical (unpaired) electrons. The van der Waals surface area contributed by atoms with Crippen LogP contribution in [-0.4, -0.2) is 38.1 Å². The van der Waals surface area contributed by atoms with Crippen LogP contribution < -0.4 is 5.73 Å². The van der Waals surface area contributed by atoms with E-state index in [-0.39, 0.29) is 11.8 Å². The molecule has 17 heavy (non-hydrogen) atoms. The lowest BCUT2D eigenvalue weighted by Crippen LogP contribution is -2.40. The quantitative estimate of drug-likeness (QED) is 0.739.